The molecule has 36 heavy (non-hydrogen) atoms. The van der Waals surface area contributed by atoms with Gasteiger partial charge in [-0.1, -0.05) is 31.5 Å². The lowest BCUT2D eigenvalue weighted by Crippen LogP contribution is -2.38. The summed E-state index contributed by atoms with van der Waals surface area (Å²) in [4.78, 5) is 26.3. The molecule has 8 heteroatoms. The number of carbonyl (C=O) groups is 2. The van der Waals surface area contributed by atoms with Crippen molar-refractivity contribution >= 4 is 23.4 Å². The molecule has 0 fully saturated rings. The van der Waals surface area contributed by atoms with Crippen molar-refractivity contribution < 1.29 is 28.2 Å². The maximum Gasteiger partial charge on any atom is 0.336 e. The van der Waals surface area contributed by atoms with E-state index in [0.29, 0.717) is 46.7 Å². The Morgan fingerprint density at radius 2 is 1.92 bits per heavy atom. The summed E-state index contributed by atoms with van der Waals surface area (Å²) in [6, 6.07) is 9.64. The van der Waals surface area contributed by atoms with Crippen LogP contribution in [0.4, 0.5) is 4.39 Å². The zero-order valence-electron chi connectivity index (χ0n) is 21.0. The summed E-state index contributed by atoms with van der Waals surface area (Å²) in [5.74, 6) is -0.646. The fourth-order valence-corrected chi connectivity index (χ4v) is 5.14. The number of dihydropyridines is 1. The Morgan fingerprint density at radius 1 is 1.17 bits per heavy atom. The molecule has 1 aliphatic heterocycles. The molecule has 0 aromatic heterocycles. The number of esters is 1. The third-order valence-electron chi connectivity index (χ3n) is 6.57. The Kier molecular flexibility index (Phi) is 7.14. The molecule has 4 rings (SSSR count). The molecule has 0 spiro atoms. The molecule has 1 heterocycles. The van der Waals surface area contributed by atoms with Crippen molar-refractivity contribution in [1.82, 2.24) is 5.32 Å². The molecule has 0 radical (unpaired) electrons. The smallest absolute Gasteiger partial charge is 0.336 e. The minimum atomic E-state index is -0.595. The molecule has 2 aliphatic rings. The summed E-state index contributed by atoms with van der Waals surface area (Å²) < 4.78 is 30.0. The quantitative estimate of drug-likeness (QED) is 0.489. The van der Waals surface area contributed by atoms with Gasteiger partial charge in [-0.15, -0.1) is 0 Å². The van der Waals surface area contributed by atoms with Crippen molar-refractivity contribution in [2.75, 3.05) is 14.2 Å². The van der Waals surface area contributed by atoms with Gasteiger partial charge < -0.3 is 19.5 Å². The number of methoxy groups -OCH3 is 2. The third-order valence-corrected chi connectivity index (χ3v) is 6.86. The molecule has 0 bridgehead atoms. The minimum absolute atomic E-state index is 0.00206. The van der Waals surface area contributed by atoms with Crippen molar-refractivity contribution in [2.45, 2.75) is 46.1 Å². The van der Waals surface area contributed by atoms with E-state index in [4.69, 9.17) is 25.8 Å². The molecule has 0 saturated carbocycles. The highest BCUT2D eigenvalue weighted by molar-refractivity contribution is 6.30. The maximum absolute atomic E-state index is 13.5. The SMILES string of the molecule is COC(=O)C1=C(C)NC2=C(C(=O)CC(C)(C)C2)[C@H]1c1ccc(OC)c(COc2ccc(F)c(Cl)c2)c1. The molecule has 2 aromatic carbocycles. The van der Waals surface area contributed by atoms with E-state index in [2.05, 4.69) is 19.2 Å². The number of hydrogen-bond acceptors (Lipinski definition) is 6. The summed E-state index contributed by atoms with van der Waals surface area (Å²) in [7, 11) is 2.88. The van der Waals surface area contributed by atoms with Crippen molar-refractivity contribution in [3.63, 3.8) is 0 Å². The van der Waals surface area contributed by atoms with Crippen LogP contribution in [0, 0.1) is 11.2 Å². The van der Waals surface area contributed by atoms with E-state index in [0.717, 1.165) is 11.3 Å². The van der Waals surface area contributed by atoms with Gasteiger partial charge in [0.2, 0.25) is 0 Å². The lowest BCUT2D eigenvalue weighted by atomic mass is 9.68. The Hall–Kier alpha value is -3.32. The largest absolute Gasteiger partial charge is 0.496 e. The van der Waals surface area contributed by atoms with Gasteiger partial charge >= 0.3 is 5.97 Å². The summed E-state index contributed by atoms with van der Waals surface area (Å²) in [6.45, 7) is 6.05. The number of nitrogens with one attached hydrogen (secondary N) is 1. The fraction of sp³-hybridized carbons (Fsp3) is 0.357. The Balaban J connectivity index is 1.78. The fourth-order valence-electron chi connectivity index (χ4n) is 4.97. The zero-order chi connectivity index (χ0) is 26.2. The number of carbonyl (C=O) groups excluding carboxylic acids is 2. The monoisotopic (exact) mass is 513 g/mol. The summed E-state index contributed by atoms with van der Waals surface area (Å²) in [6.07, 6.45) is 1.07. The van der Waals surface area contributed by atoms with Crippen LogP contribution in [0.2, 0.25) is 5.02 Å². The van der Waals surface area contributed by atoms with Gasteiger partial charge in [0.25, 0.3) is 0 Å². The number of benzene rings is 2. The molecule has 0 unspecified atom stereocenters. The van der Waals surface area contributed by atoms with Crippen LogP contribution in [0.15, 0.2) is 58.9 Å². The highest BCUT2D eigenvalue weighted by Crippen LogP contribution is 2.47. The van der Waals surface area contributed by atoms with E-state index in [9.17, 15) is 14.0 Å². The normalized spacial score (nSPS) is 19.0. The number of halogens is 2. The van der Waals surface area contributed by atoms with E-state index in [1.54, 1.807) is 13.2 Å². The summed E-state index contributed by atoms with van der Waals surface area (Å²) in [5, 5.41) is 3.27. The first-order chi connectivity index (χ1) is 17.0. The first-order valence-electron chi connectivity index (χ1n) is 11.6. The molecule has 1 atom stereocenters. The second-order valence-electron chi connectivity index (χ2n) is 9.86. The Morgan fingerprint density at radius 3 is 2.58 bits per heavy atom. The van der Waals surface area contributed by atoms with Gasteiger partial charge in [0.15, 0.2) is 5.78 Å². The first-order valence-corrected chi connectivity index (χ1v) is 12.0. The number of Topliss-reactive ketones (excluding diaryl/α,β-unsaturated/α-hetero) is 1. The van der Waals surface area contributed by atoms with Crippen LogP contribution in [-0.2, 0) is 20.9 Å². The number of ether oxygens (including phenoxy) is 3. The topological polar surface area (TPSA) is 73.9 Å². The second kappa shape index (κ2) is 9.97. The van der Waals surface area contributed by atoms with Gasteiger partial charge in [0.05, 0.1) is 24.8 Å². The minimum Gasteiger partial charge on any atom is -0.496 e. The van der Waals surface area contributed by atoms with Crippen molar-refractivity contribution in [3.8, 4) is 11.5 Å². The number of ketones is 1. The molecule has 1 N–H and O–H groups in total. The number of rotatable bonds is 6. The van der Waals surface area contributed by atoms with E-state index >= 15 is 0 Å². The van der Waals surface area contributed by atoms with Gasteiger partial charge in [-0.25, -0.2) is 9.18 Å². The molecule has 0 amide bonds. The maximum atomic E-state index is 13.5. The predicted octanol–water partition coefficient (Wildman–Crippen LogP) is 5.84. The average Bonchev–Trinajstić information content (AvgIpc) is 2.82. The molecular formula is C28H29ClFNO5. The lowest BCUT2D eigenvalue weighted by molar-refractivity contribution is -0.136. The molecular weight excluding hydrogens is 485 g/mol. The molecule has 6 nitrogen and oxygen atoms in total. The Bertz CT molecular complexity index is 1300. The van der Waals surface area contributed by atoms with Crippen molar-refractivity contribution in [2.24, 2.45) is 5.41 Å². The van der Waals surface area contributed by atoms with E-state index < -0.39 is 17.7 Å². The van der Waals surface area contributed by atoms with Crippen LogP contribution >= 0.6 is 11.6 Å². The number of allylic oxidation sites excluding steroid dienone is 3. The highest BCUT2D eigenvalue weighted by Gasteiger charge is 2.43. The van der Waals surface area contributed by atoms with Crippen LogP contribution < -0.4 is 14.8 Å². The first kappa shape index (κ1) is 25.8. The molecule has 1 aliphatic carbocycles. The van der Waals surface area contributed by atoms with Crippen molar-refractivity contribution in [1.29, 1.82) is 0 Å². The summed E-state index contributed by atoms with van der Waals surface area (Å²) >= 11 is 5.88. The van der Waals surface area contributed by atoms with Crippen LogP contribution in [0.5, 0.6) is 11.5 Å². The van der Waals surface area contributed by atoms with Gasteiger partial charge in [-0.2, -0.15) is 0 Å². The predicted molar refractivity (Wildman–Crippen MR) is 134 cm³/mol. The van der Waals surface area contributed by atoms with Crippen LogP contribution in [0.25, 0.3) is 0 Å². The van der Waals surface area contributed by atoms with E-state index in [1.807, 2.05) is 19.1 Å². The molecule has 190 valence electrons. The van der Waals surface area contributed by atoms with Crippen LogP contribution in [0.3, 0.4) is 0 Å². The molecule has 2 aromatic rings. The average molecular weight is 514 g/mol. The van der Waals surface area contributed by atoms with Crippen LogP contribution in [0.1, 0.15) is 50.7 Å². The van der Waals surface area contributed by atoms with Crippen LogP contribution in [-0.4, -0.2) is 26.0 Å². The standard InChI is InChI=1S/C28H29ClFNO5/c1-15-24(27(33)35-5)25(26-21(31-15)12-28(2,3)13-22(26)32)16-6-9-23(34-4)17(10-16)14-36-18-7-8-20(30)19(29)11-18/h6-11,25,31H,12-14H2,1-5H3/t25-/m0/s1. The van der Waals surface area contributed by atoms with Gasteiger partial charge in [0, 0.05) is 40.9 Å². The van der Waals surface area contributed by atoms with Crippen molar-refractivity contribution in [3.05, 3.63) is 80.9 Å². The lowest BCUT2D eigenvalue weighted by Gasteiger charge is -2.39. The Labute approximate surface area is 215 Å². The molecule has 0 saturated heterocycles. The second-order valence-corrected chi connectivity index (χ2v) is 10.3. The van der Waals surface area contributed by atoms with E-state index in [-0.39, 0.29) is 22.8 Å². The summed E-state index contributed by atoms with van der Waals surface area (Å²) in [5.41, 5.74) is 3.72. The van der Waals surface area contributed by atoms with E-state index in [1.165, 1.54) is 25.3 Å². The zero-order valence-corrected chi connectivity index (χ0v) is 21.7. The van der Waals surface area contributed by atoms with Gasteiger partial charge in [-0.05, 0) is 48.6 Å². The van der Waals surface area contributed by atoms with Gasteiger partial charge in [-0.3, -0.25) is 4.79 Å². The highest BCUT2D eigenvalue weighted by atomic mass is 35.5. The number of hydrogen-bond donors (Lipinski definition) is 1. The van der Waals surface area contributed by atoms with Gasteiger partial charge in [0.1, 0.15) is 23.9 Å². The third kappa shape index (κ3) is 4.98.